The standard InChI is InChI=1S/C10H14NO2P.Na/c1-3-11(4-2)9-5-7-10(8-6-9)14(12)13;/h5-8H,3-4H2,1-2H3;/q;+1/p+1. The molecule has 0 spiro atoms. The Bertz CT molecular complexity index is 312. The second-order valence-electron chi connectivity index (χ2n) is 2.96. The summed E-state index contributed by atoms with van der Waals surface area (Å²) in [6.45, 7) is 6.07. The Morgan fingerprint density at radius 1 is 1.20 bits per heavy atom. The van der Waals surface area contributed by atoms with E-state index >= 15 is 0 Å². The van der Waals surface area contributed by atoms with E-state index in [1.807, 2.05) is 12.1 Å². The van der Waals surface area contributed by atoms with Crippen molar-refractivity contribution in [3.63, 3.8) is 0 Å². The minimum Gasteiger partial charge on any atom is -0.372 e. The van der Waals surface area contributed by atoms with Gasteiger partial charge in [0.1, 0.15) is 0 Å². The van der Waals surface area contributed by atoms with Crippen LogP contribution in [-0.4, -0.2) is 18.0 Å². The largest absolute Gasteiger partial charge is 1.00 e. The molecule has 0 aliphatic rings. The summed E-state index contributed by atoms with van der Waals surface area (Å²) in [4.78, 5) is 11.1. The van der Waals surface area contributed by atoms with Crippen molar-refractivity contribution in [2.75, 3.05) is 18.0 Å². The van der Waals surface area contributed by atoms with Crippen LogP contribution in [0, 0.1) is 0 Å². The van der Waals surface area contributed by atoms with Gasteiger partial charge < -0.3 is 4.90 Å². The summed E-state index contributed by atoms with van der Waals surface area (Å²) >= 11 is 0. The molecule has 0 bridgehead atoms. The number of benzene rings is 1. The zero-order valence-electron chi connectivity index (χ0n) is 9.47. The third kappa shape index (κ3) is 4.21. The van der Waals surface area contributed by atoms with Crippen LogP contribution in [0.3, 0.4) is 0 Å². The fourth-order valence-corrected chi connectivity index (χ4v) is 1.78. The molecule has 76 valence electrons. The molecule has 1 rings (SSSR count). The van der Waals surface area contributed by atoms with Crippen molar-refractivity contribution >= 4 is 19.0 Å². The topological polar surface area (TPSA) is 40.5 Å². The summed E-state index contributed by atoms with van der Waals surface area (Å²) in [6, 6.07) is 7.16. The van der Waals surface area contributed by atoms with Crippen molar-refractivity contribution < 1.29 is 39.0 Å². The van der Waals surface area contributed by atoms with Crippen molar-refractivity contribution in [1.82, 2.24) is 0 Å². The van der Waals surface area contributed by atoms with E-state index in [2.05, 4.69) is 18.7 Å². The number of hydrogen-bond acceptors (Lipinski definition) is 2. The van der Waals surface area contributed by atoms with Crippen LogP contribution in [-0.2, 0) is 4.57 Å². The molecular weight excluding hydrogens is 220 g/mol. The van der Waals surface area contributed by atoms with Gasteiger partial charge in [-0.25, -0.2) is 0 Å². The quantitative estimate of drug-likeness (QED) is 0.532. The molecule has 0 amide bonds. The Morgan fingerprint density at radius 2 is 1.67 bits per heavy atom. The van der Waals surface area contributed by atoms with Gasteiger partial charge in [0.2, 0.25) is 5.30 Å². The predicted octanol–water partition coefficient (Wildman–Crippen LogP) is -1.10. The van der Waals surface area contributed by atoms with E-state index in [0.717, 1.165) is 18.8 Å². The molecule has 0 fully saturated rings. The Kier molecular flexibility index (Phi) is 7.41. The van der Waals surface area contributed by atoms with E-state index in [0.29, 0.717) is 5.30 Å². The first kappa shape index (κ1) is 15.1. The molecule has 0 saturated carbocycles. The Labute approximate surface area is 114 Å². The SMILES string of the molecule is CCN(CC)c1ccc([P+](=O)O)cc1.[Na+]. The number of anilines is 1. The zero-order chi connectivity index (χ0) is 10.6. The van der Waals surface area contributed by atoms with E-state index in [1.165, 1.54) is 0 Å². The van der Waals surface area contributed by atoms with Crippen LogP contribution in [0.5, 0.6) is 0 Å². The van der Waals surface area contributed by atoms with Crippen LogP contribution >= 0.6 is 8.03 Å². The molecule has 0 radical (unpaired) electrons. The second kappa shape index (κ2) is 7.37. The third-order valence-corrected chi connectivity index (χ3v) is 2.94. The van der Waals surface area contributed by atoms with Crippen molar-refractivity contribution in [3.05, 3.63) is 24.3 Å². The van der Waals surface area contributed by atoms with E-state index < -0.39 is 8.03 Å². The Hall–Kier alpha value is 0.0800. The summed E-state index contributed by atoms with van der Waals surface area (Å²) in [5, 5.41) is 0.482. The minimum atomic E-state index is -2.20. The van der Waals surface area contributed by atoms with Gasteiger partial charge in [0.25, 0.3) is 0 Å². The monoisotopic (exact) mass is 235 g/mol. The van der Waals surface area contributed by atoms with Gasteiger partial charge in [0.05, 0.1) is 0 Å². The van der Waals surface area contributed by atoms with E-state index in [9.17, 15) is 4.57 Å². The number of rotatable bonds is 4. The van der Waals surface area contributed by atoms with Gasteiger partial charge in [-0.05, 0) is 42.7 Å². The first-order chi connectivity index (χ1) is 6.69. The molecule has 3 nitrogen and oxygen atoms in total. The van der Waals surface area contributed by atoms with Crippen LogP contribution in [0.2, 0.25) is 0 Å². The predicted molar refractivity (Wildman–Crippen MR) is 59.5 cm³/mol. The van der Waals surface area contributed by atoms with Gasteiger partial charge in [-0.1, -0.05) is 0 Å². The molecule has 0 aliphatic carbocycles. The van der Waals surface area contributed by atoms with Gasteiger partial charge in [-0.15, -0.1) is 0 Å². The van der Waals surface area contributed by atoms with Crippen molar-refractivity contribution in [2.24, 2.45) is 0 Å². The average molecular weight is 235 g/mol. The molecule has 1 aromatic rings. The first-order valence-corrected chi connectivity index (χ1v) is 5.91. The van der Waals surface area contributed by atoms with Crippen LogP contribution in [0.1, 0.15) is 13.8 Å². The fraction of sp³-hybridized carbons (Fsp3) is 0.400. The maximum absolute atomic E-state index is 10.8. The minimum absolute atomic E-state index is 0. The maximum atomic E-state index is 10.8. The Morgan fingerprint density at radius 3 is 2.00 bits per heavy atom. The molecule has 0 aliphatic heterocycles. The van der Waals surface area contributed by atoms with Crippen LogP contribution in [0.25, 0.3) is 0 Å². The molecule has 15 heavy (non-hydrogen) atoms. The molecule has 5 heteroatoms. The van der Waals surface area contributed by atoms with E-state index in [4.69, 9.17) is 4.89 Å². The average Bonchev–Trinajstić information content (AvgIpc) is 2.20. The molecule has 1 unspecified atom stereocenters. The second-order valence-corrected chi connectivity index (χ2v) is 4.02. The number of hydrogen-bond donors (Lipinski definition) is 1. The summed E-state index contributed by atoms with van der Waals surface area (Å²) in [5.74, 6) is 0. The maximum Gasteiger partial charge on any atom is 1.00 e. The van der Waals surface area contributed by atoms with Crippen molar-refractivity contribution in [2.45, 2.75) is 13.8 Å². The van der Waals surface area contributed by atoms with Crippen LogP contribution in [0.4, 0.5) is 5.69 Å². The molecule has 0 heterocycles. The van der Waals surface area contributed by atoms with Crippen LogP contribution in [0.15, 0.2) is 24.3 Å². The van der Waals surface area contributed by atoms with Gasteiger partial charge in [0.15, 0.2) is 0 Å². The van der Waals surface area contributed by atoms with Gasteiger partial charge in [0, 0.05) is 18.8 Å². The smallest absolute Gasteiger partial charge is 0.372 e. The number of nitrogens with zero attached hydrogens (tertiary/aromatic N) is 1. The Balaban J connectivity index is 0.00000196. The van der Waals surface area contributed by atoms with E-state index in [1.54, 1.807) is 12.1 Å². The third-order valence-electron chi connectivity index (χ3n) is 2.20. The fourth-order valence-electron chi connectivity index (χ4n) is 1.38. The molecule has 1 N–H and O–H groups in total. The summed E-state index contributed by atoms with van der Waals surface area (Å²) in [6.07, 6.45) is 0. The molecule has 0 aromatic heterocycles. The summed E-state index contributed by atoms with van der Waals surface area (Å²) in [5.41, 5.74) is 1.09. The van der Waals surface area contributed by atoms with Crippen molar-refractivity contribution in [3.8, 4) is 0 Å². The van der Waals surface area contributed by atoms with Gasteiger partial charge >= 0.3 is 37.6 Å². The zero-order valence-corrected chi connectivity index (χ0v) is 12.4. The molecule has 1 aromatic carbocycles. The van der Waals surface area contributed by atoms with Crippen LogP contribution < -0.4 is 39.8 Å². The summed E-state index contributed by atoms with van der Waals surface area (Å²) in [7, 11) is -2.20. The normalized spacial score (nSPS) is 10.5. The van der Waals surface area contributed by atoms with Gasteiger partial charge in [-0.2, -0.15) is 4.89 Å². The van der Waals surface area contributed by atoms with Crippen molar-refractivity contribution in [1.29, 1.82) is 0 Å². The molecule has 0 saturated heterocycles. The first-order valence-electron chi connectivity index (χ1n) is 4.70. The van der Waals surface area contributed by atoms with Gasteiger partial charge in [-0.3, -0.25) is 0 Å². The molecule has 1 atom stereocenters. The summed E-state index contributed by atoms with van der Waals surface area (Å²) < 4.78 is 10.8. The van der Waals surface area contributed by atoms with E-state index in [-0.39, 0.29) is 29.6 Å². The molecular formula is C10H15NNaO2P+2.